The first-order valence-corrected chi connectivity index (χ1v) is 7.91. The van der Waals surface area contributed by atoms with Crippen molar-refractivity contribution in [1.29, 1.82) is 0 Å². The van der Waals surface area contributed by atoms with E-state index in [0.717, 1.165) is 26.1 Å². The van der Waals surface area contributed by atoms with Crippen LogP contribution < -0.4 is 10.6 Å². The predicted octanol–water partition coefficient (Wildman–Crippen LogP) is 1.67. The Morgan fingerprint density at radius 2 is 2.04 bits per heavy atom. The fourth-order valence-corrected chi connectivity index (χ4v) is 2.95. The average molecular weight is 319 g/mol. The van der Waals surface area contributed by atoms with Gasteiger partial charge in [-0.15, -0.1) is 0 Å². The minimum absolute atomic E-state index is 0.0212. The summed E-state index contributed by atoms with van der Waals surface area (Å²) in [6.07, 6.45) is -0.172. The maximum Gasteiger partial charge on any atom is 0.405 e. The topological polar surface area (TPSA) is 81.7 Å². The molecule has 23 heavy (non-hydrogen) atoms. The van der Waals surface area contributed by atoms with Crippen LogP contribution in [0.4, 0.5) is 4.79 Å². The summed E-state index contributed by atoms with van der Waals surface area (Å²) in [7, 11) is 0. The van der Waals surface area contributed by atoms with E-state index in [0.29, 0.717) is 6.54 Å². The van der Waals surface area contributed by atoms with Crippen LogP contribution in [-0.2, 0) is 11.3 Å². The third-order valence-electron chi connectivity index (χ3n) is 4.31. The van der Waals surface area contributed by atoms with Gasteiger partial charge in [-0.2, -0.15) is 0 Å². The smallest absolute Gasteiger partial charge is 0.405 e. The van der Waals surface area contributed by atoms with Crippen molar-refractivity contribution < 1.29 is 14.7 Å². The highest BCUT2D eigenvalue weighted by atomic mass is 16.4. The maximum absolute atomic E-state index is 11.9. The third kappa shape index (κ3) is 5.25. The van der Waals surface area contributed by atoms with Gasteiger partial charge in [0.25, 0.3) is 0 Å². The number of carbonyl (C=O) groups excluding carboxylic acids is 1. The van der Waals surface area contributed by atoms with E-state index < -0.39 is 12.1 Å². The minimum atomic E-state index is -1.19. The Bertz CT molecular complexity index is 549. The zero-order valence-corrected chi connectivity index (χ0v) is 13.7. The van der Waals surface area contributed by atoms with Gasteiger partial charge >= 0.3 is 6.09 Å². The summed E-state index contributed by atoms with van der Waals surface area (Å²) in [5, 5.41) is 13.7. The molecular formula is C17H25N3O3. The molecule has 2 rings (SSSR count). The summed E-state index contributed by atoms with van der Waals surface area (Å²) in [6.45, 7) is 7.10. The van der Waals surface area contributed by atoms with Crippen molar-refractivity contribution in [3.63, 3.8) is 0 Å². The molecule has 0 aromatic heterocycles. The number of likely N-dealkylation sites (tertiary alicyclic amines) is 1. The van der Waals surface area contributed by atoms with E-state index in [1.807, 2.05) is 18.2 Å². The normalized spacial score (nSPS) is 22.5. The van der Waals surface area contributed by atoms with Crippen LogP contribution in [0.2, 0.25) is 0 Å². The first-order chi connectivity index (χ1) is 10.9. The highest BCUT2D eigenvalue weighted by Crippen LogP contribution is 2.30. The van der Waals surface area contributed by atoms with Gasteiger partial charge in [0.2, 0.25) is 5.91 Å². The Morgan fingerprint density at radius 3 is 2.70 bits per heavy atom. The Kier molecular flexibility index (Phi) is 5.60. The Morgan fingerprint density at radius 1 is 1.35 bits per heavy atom. The Labute approximate surface area is 136 Å². The quantitative estimate of drug-likeness (QED) is 0.745. The third-order valence-corrected chi connectivity index (χ3v) is 4.31. The summed E-state index contributed by atoms with van der Waals surface area (Å²) in [6, 6.07) is 9.61. The van der Waals surface area contributed by atoms with Crippen molar-refractivity contribution in [1.82, 2.24) is 15.5 Å². The lowest BCUT2D eigenvalue weighted by Crippen LogP contribution is -2.47. The van der Waals surface area contributed by atoms with Crippen LogP contribution in [0.25, 0.3) is 0 Å². The molecule has 1 aliphatic heterocycles. The Hall–Kier alpha value is -2.08. The highest BCUT2D eigenvalue weighted by Gasteiger charge is 2.34. The van der Waals surface area contributed by atoms with Crippen LogP contribution in [0.5, 0.6) is 0 Å². The second-order valence-electron chi connectivity index (χ2n) is 6.65. The van der Waals surface area contributed by atoms with Crippen LogP contribution in [-0.4, -0.2) is 47.7 Å². The van der Waals surface area contributed by atoms with E-state index in [9.17, 15) is 9.59 Å². The molecule has 3 N–H and O–H groups in total. The lowest BCUT2D eigenvalue weighted by molar-refractivity contribution is -0.123. The van der Waals surface area contributed by atoms with Crippen molar-refractivity contribution in [2.75, 3.05) is 19.6 Å². The number of carboxylic acid groups (broad SMARTS) is 1. The van der Waals surface area contributed by atoms with Gasteiger partial charge in [-0.05, 0) is 30.9 Å². The second kappa shape index (κ2) is 7.46. The standard InChI is InChI=1S/C17H25N3O3/c1-13(19-16(22)23)15(21)18-11-17(2)8-9-20(12-17)10-14-6-4-3-5-7-14/h3-7,13,19H,8-12H2,1-2H3,(H,18,21)(H,22,23). The lowest BCUT2D eigenvalue weighted by Gasteiger charge is -2.26. The van der Waals surface area contributed by atoms with Crippen molar-refractivity contribution in [2.45, 2.75) is 32.9 Å². The molecule has 6 nitrogen and oxygen atoms in total. The fraction of sp³-hybridized carbons (Fsp3) is 0.529. The maximum atomic E-state index is 11.9. The van der Waals surface area contributed by atoms with Crippen molar-refractivity contribution >= 4 is 12.0 Å². The van der Waals surface area contributed by atoms with E-state index in [1.54, 1.807) is 6.92 Å². The Balaban J connectivity index is 1.79. The molecule has 0 spiro atoms. The number of rotatable bonds is 6. The first kappa shape index (κ1) is 17.3. The molecule has 126 valence electrons. The van der Waals surface area contributed by atoms with E-state index >= 15 is 0 Å². The monoisotopic (exact) mass is 319 g/mol. The van der Waals surface area contributed by atoms with Crippen LogP contribution in [0, 0.1) is 5.41 Å². The van der Waals surface area contributed by atoms with Crippen LogP contribution >= 0.6 is 0 Å². The van der Waals surface area contributed by atoms with Crippen LogP contribution in [0.1, 0.15) is 25.8 Å². The largest absolute Gasteiger partial charge is 0.465 e. The van der Waals surface area contributed by atoms with Gasteiger partial charge in [-0.1, -0.05) is 37.3 Å². The van der Waals surface area contributed by atoms with Gasteiger partial charge < -0.3 is 15.7 Å². The molecule has 0 aliphatic carbocycles. The molecule has 1 aromatic carbocycles. The van der Waals surface area contributed by atoms with Crippen LogP contribution in [0.15, 0.2) is 30.3 Å². The number of nitrogens with one attached hydrogen (secondary N) is 2. The molecule has 1 saturated heterocycles. The number of amides is 2. The molecule has 2 unspecified atom stereocenters. The molecule has 0 saturated carbocycles. The van der Waals surface area contributed by atoms with Crippen molar-refractivity contribution in [3.8, 4) is 0 Å². The predicted molar refractivity (Wildman–Crippen MR) is 88.1 cm³/mol. The van der Waals surface area contributed by atoms with Gasteiger partial charge in [0.1, 0.15) is 6.04 Å². The zero-order chi connectivity index (χ0) is 16.9. The number of carbonyl (C=O) groups is 2. The van der Waals surface area contributed by atoms with E-state index in [4.69, 9.17) is 5.11 Å². The van der Waals surface area contributed by atoms with E-state index in [1.165, 1.54) is 5.56 Å². The van der Waals surface area contributed by atoms with Gasteiger partial charge in [0.15, 0.2) is 0 Å². The SMILES string of the molecule is CC(NC(=O)O)C(=O)NCC1(C)CCN(Cc2ccccc2)C1. The number of hydrogen-bond acceptors (Lipinski definition) is 3. The molecule has 1 aliphatic rings. The minimum Gasteiger partial charge on any atom is -0.465 e. The fourth-order valence-electron chi connectivity index (χ4n) is 2.95. The molecule has 1 aromatic rings. The summed E-state index contributed by atoms with van der Waals surface area (Å²) in [5.41, 5.74) is 1.31. The summed E-state index contributed by atoms with van der Waals surface area (Å²) >= 11 is 0. The van der Waals surface area contributed by atoms with E-state index in [-0.39, 0.29) is 11.3 Å². The number of benzene rings is 1. The zero-order valence-electron chi connectivity index (χ0n) is 13.7. The molecule has 2 amide bonds. The van der Waals surface area contributed by atoms with Gasteiger partial charge in [-0.25, -0.2) is 4.79 Å². The summed E-state index contributed by atoms with van der Waals surface area (Å²) < 4.78 is 0. The molecule has 1 heterocycles. The van der Waals surface area contributed by atoms with Crippen LogP contribution in [0.3, 0.4) is 0 Å². The molecule has 0 radical (unpaired) electrons. The molecule has 1 fully saturated rings. The number of hydrogen-bond donors (Lipinski definition) is 3. The van der Waals surface area contributed by atoms with Crippen molar-refractivity contribution in [3.05, 3.63) is 35.9 Å². The summed E-state index contributed by atoms with van der Waals surface area (Å²) in [4.78, 5) is 24.8. The molecule has 2 atom stereocenters. The first-order valence-electron chi connectivity index (χ1n) is 7.91. The number of nitrogens with zero attached hydrogens (tertiary/aromatic N) is 1. The highest BCUT2D eigenvalue weighted by molar-refractivity contribution is 5.84. The van der Waals surface area contributed by atoms with E-state index in [2.05, 4.69) is 34.6 Å². The van der Waals surface area contributed by atoms with Gasteiger partial charge in [0, 0.05) is 19.6 Å². The van der Waals surface area contributed by atoms with Gasteiger partial charge in [0.05, 0.1) is 0 Å². The molecular weight excluding hydrogens is 294 g/mol. The lowest BCUT2D eigenvalue weighted by atomic mass is 9.90. The average Bonchev–Trinajstić information content (AvgIpc) is 2.87. The summed E-state index contributed by atoms with van der Waals surface area (Å²) in [5.74, 6) is -0.282. The van der Waals surface area contributed by atoms with Crippen molar-refractivity contribution in [2.24, 2.45) is 5.41 Å². The second-order valence-corrected chi connectivity index (χ2v) is 6.65. The van der Waals surface area contributed by atoms with Gasteiger partial charge in [-0.3, -0.25) is 9.69 Å². The molecule has 6 heteroatoms. The molecule has 0 bridgehead atoms.